The minimum absolute atomic E-state index is 0.0671. The van der Waals surface area contributed by atoms with Crippen LogP contribution in [0.1, 0.15) is 161 Å². The fourth-order valence-electron chi connectivity index (χ4n) is 7.80. The molecule has 4 N–H and O–H groups in total. The van der Waals surface area contributed by atoms with Gasteiger partial charge in [0.05, 0.1) is 12.8 Å². The molecule has 0 amide bonds. The number of phenols is 4. The van der Waals surface area contributed by atoms with Crippen LogP contribution in [0.15, 0.2) is 72.8 Å². The Hall–Kier alpha value is -4.98. The molecule has 0 heterocycles. The number of carbonyl (C=O) groups is 2. The quantitative estimate of drug-likeness (QED) is 0.110. The topological polar surface area (TPSA) is 134 Å². The van der Waals surface area contributed by atoms with Gasteiger partial charge in [-0.2, -0.15) is 0 Å². The third-order valence-corrected chi connectivity index (χ3v) is 11.6. The first-order valence-electron chi connectivity index (χ1n) is 20.6. The fourth-order valence-corrected chi connectivity index (χ4v) is 7.80. The Morgan fingerprint density at radius 1 is 0.458 bits per heavy atom. The molecule has 59 heavy (non-hydrogen) atoms. The number of hydrogen-bond donors (Lipinski definition) is 4. The van der Waals surface area contributed by atoms with Crippen molar-refractivity contribution in [2.45, 2.75) is 155 Å². The van der Waals surface area contributed by atoms with E-state index < -0.39 is 28.9 Å². The average Bonchev–Trinajstić information content (AvgIpc) is 3.09. The van der Waals surface area contributed by atoms with E-state index in [-0.39, 0.29) is 64.1 Å². The third kappa shape index (κ3) is 10.6. The van der Waals surface area contributed by atoms with E-state index in [9.17, 15) is 30.0 Å². The molecule has 1 unspecified atom stereocenters. The molecular formula is C51H68O8. The Balaban J connectivity index is 1.63. The van der Waals surface area contributed by atoms with Gasteiger partial charge in [0, 0.05) is 10.8 Å². The summed E-state index contributed by atoms with van der Waals surface area (Å²) in [6.07, 6.45) is -0.915. The molecule has 0 fully saturated rings. The van der Waals surface area contributed by atoms with Gasteiger partial charge in [-0.3, -0.25) is 9.59 Å². The molecule has 4 aromatic carbocycles. The summed E-state index contributed by atoms with van der Waals surface area (Å²) in [7, 11) is 0. The number of ether oxygens (including phenoxy) is 2. The van der Waals surface area contributed by atoms with Crippen molar-refractivity contribution in [3.63, 3.8) is 0 Å². The lowest BCUT2D eigenvalue weighted by Gasteiger charge is -2.34. The van der Waals surface area contributed by atoms with Crippen molar-refractivity contribution in [1.29, 1.82) is 0 Å². The first-order valence-corrected chi connectivity index (χ1v) is 20.6. The van der Waals surface area contributed by atoms with E-state index in [1.807, 2.05) is 145 Å². The summed E-state index contributed by atoms with van der Waals surface area (Å²) in [6.45, 7) is 29.6. The maximum atomic E-state index is 13.9. The standard InChI is InChI=1S/C51H68O8/c1-31(59-45(57)29-51(15,34-18-22-42(54)38(26-34)48(8,9)10)35-19-23-43(55)39(27-35)49(11,12)13)30-58-44(56)28-50(14,32-16-20-40(52)36(24-32)46(2,3)4)33-17-21-41(53)37(25-33)47(5,6)7/h16-27,31,52-55H,28-30H2,1-15H3. The molecule has 4 rings (SSSR count). The molecular weight excluding hydrogens is 741 g/mol. The second-order valence-electron chi connectivity index (χ2n) is 20.9. The van der Waals surface area contributed by atoms with E-state index in [1.54, 1.807) is 31.2 Å². The number of carbonyl (C=O) groups excluding carboxylic acids is 2. The molecule has 0 aliphatic rings. The van der Waals surface area contributed by atoms with Gasteiger partial charge in [0.15, 0.2) is 0 Å². The third-order valence-electron chi connectivity index (χ3n) is 11.6. The van der Waals surface area contributed by atoms with Crippen molar-refractivity contribution in [1.82, 2.24) is 0 Å². The van der Waals surface area contributed by atoms with Crippen LogP contribution in [0.4, 0.5) is 0 Å². The maximum absolute atomic E-state index is 13.9. The van der Waals surface area contributed by atoms with Crippen molar-refractivity contribution < 1.29 is 39.5 Å². The van der Waals surface area contributed by atoms with Gasteiger partial charge in [0.25, 0.3) is 0 Å². The maximum Gasteiger partial charge on any atom is 0.307 e. The van der Waals surface area contributed by atoms with Crippen LogP contribution < -0.4 is 0 Å². The summed E-state index contributed by atoms with van der Waals surface area (Å²) < 4.78 is 11.8. The average molecular weight is 809 g/mol. The van der Waals surface area contributed by atoms with E-state index in [0.717, 1.165) is 44.5 Å². The molecule has 4 aromatic rings. The summed E-state index contributed by atoms with van der Waals surface area (Å²) in [5, 5.41) is 43.3. The van der Waals surface area contributed by atoms with Crippen molar-refractivity contribution >= 4 is 11.9 Å². The van der Waals surface area contributed by atoms with E-state index in [0.29, 0.717) is 0 Å². The van der Waals surface area contributed by atoms with Crippen LogP contribution in [-0.4, -0.2) is 45.1 Å². The van der Waals surface area contributed by atoms with Gasteiger partial charge in [0.2, 0.25) is 0 Å². The van der Waals surface area contributed by atoms with Crippen molar-refractivity contribution in [2.24, 2.45) is 0 Å². The van der Waals surface area contributed by atoms with Crippen molar-refractivity contribution in [3.05, 3.63) is 117 Å². The van der Waals surface area contributed by atoms with Gasteiger partial charge in [-0.25, -0.2) is 0 Å². The number of rotatable bonds is 11. The molecule has 0 saturated carbocycles. The zero-order valence-corrected chi connectivity index (χ0v) is 38.0. The summed E-state index contributed by atoms with van der Waals surface area (Å²) in [5.74, 6) is -0.348. The molecule has 0 saturated heterocycles. The van der Waals surface area contributed by atoms with E-state index in [2.05, 4.69) is 0 Å². The molecule has 8 nitrogen and oxygen atoms in total. The summed E-state index contributed by atoms with van der Waals surface area (Å²) in [5.41, 5.74) is 2.78. The normalized spacial score (nSPS) is 13.5. The summed E-state index contributed by atoms with van der Waals surface area (Å²) >= 11 is 0. The van der Waals surface area contributed by atoms with Crippen LogP contribution in [0, 0.1) is 0 Å². The van der Waals surface area contributed by atoms with Crippen LogP contribution in [-0.2, 0) is 51.6 Å². The Bertz CT molecular complexity index is 2040. The van der Waals surface area contributed by atoms with Gasteiger partial charge >= 0.3 is 11.9 Å². The number of aromatic hydroxyl groups is 4. The molecule has 320 valence electrons. The predicted molar refractivity (Wildman–Crippen MR) is 236 cm³/mol. The fraction of sp³-hybridized carbons (Fsp3) is 0.490. The molecule has 0 aliphatic heterocycles. The van der Waals surface area contributed by atoms with Gasteiger partial charge < -0.3 is 29.9 Å². The zero-order chi connectivity index (χ0) is 44.7. The molecule has 0 radical (unpaired) electrons. The van der Waals surface area contributed by atoms with E-state index in [1.165, 1.54) is 0 Å². The number of esters is 2. The highest BCUT2D eigenvalue weighted by atomic mass is 16.6. The van der Waals surface area contributed by atoms with Crippen LogP contribution in [0.25, 0.3) is 0 Å². The number of hydrogen-bond acceptors (Lipinski definition) is 8. The predicted octanol–water partition coefficient (Wildman–Crippen LogP) is 11.3. The van der Waals surface area contributed by atoms with Crippen molar-refractivity contribution in [2.75, 3.05) is 6.61 Å². The second kappa shape index (κ2) is 16.6. The van der Waals surface area contributed by atoms with Gasteiger partial charge in [-0.1, -0.05) is 145 Å². The van der Waals surface area contributed by atoms with Crippen LogP contribution >= 0.6 is 0 Å². The number of benzene rings is 4. The minimum atomic E-state index is -0.928. The lowest BCUT2D eigenvalue weighted by Crippen LogP contribution is -2.33. The smallest absolute Gasteiger partial charge is 0.307 e. The summed E-state index contributed by atoms with van der Waals surface area (Å²) in [6, 6.07) is 21.7. The zero-order valence-electron chi connectivity index (χ0n) is 38.0. The highest BCUT2D eigenvalue weighted by molar-refractivity contribution is 5.74. The van der Waals surface area contributed by atoms with Crippen LogP contribution in [0.5, 0.6) is 23.0 Å². The van der Waals surface area contributed by atoms with E-state index >= 15 is 0 Å². The monoisotopic (exact) mass is 808 g/mol. The SMILES string of the molecule is CC(COC(=O)CC(C)(c1ccc(O)c(C(C)(C)C)c1)c1ccc(O)c(C(C)(C)C)c1)OC(=O)CC(C)(c1ccc(O)c(C(C)(C)C)c1)c1ccc(O)c(C(C)(C)C)c1. The lowest BCUT2D eigenvalue weighted by molar-refractivity contribution is -0.159. The van der Waals surface area contributed by atoms with Gasteiger partial charge in [0.1, 0.15) is 35.7 Å². The molecule has 1 atom stereocenters. The van der Waals surface area contributed by atoms with Crippen LogP contribution in [0.3, 0.4) is 0 Å². The highest BCUT2D eigenvalue weighted by Crippen LogP contribution is 2.45. The Labute approximate surface area is 352 Å². The largest absolute Gasteiger partial charge is 0.508 e. The molecule has 0 aliphatic carbocycles. The van der Waals surface area contributed by atoms with Gasteiger partial charge in [-0.15, -0.1) is 0 Å². The lowest BCUT2D eigenvalue weighted by atomic mass is 9.70. The summed E-state index contributed by atoms with van der Waals surface area (Å²) in [4.78, 5) is 27.8. The molecule has 0 spiro atoms. The highest BCUT2D eigenvalue weighted by Gasteiger charge is 2.38. The van der Waals surface area contributed by atoms with Crippen LogP contribution in [0.2, 0.25) is 0 Å². The van der Waals surface area contributed by atoms with Gasteiger partial charge in [-0.05, 0) is 97.4 Å². The first kappa shape index (κ1) is 46.7. The Morgan fingerprint density at radius 2 is 0.712 bits per heavy atom. The van der Waals surface area contributed by atoms with E-state index in [4.69, 9.17) is 9.47 Å². The molecule has 8 heteroatoms. The number of phenolic OH excluding ortho intramolecular Hbond substituents is 4. The molecule has 0 bridgehead atoms. The first-order chi connectivity index (χ1) is 26.9. The van der Waals surface area contributed by atoms with Crippen molar-refractivity contribution in [3.8, 4) is 23.0 Å². The minimum Gasteiger partial charge on any atom is -0.508 e. The Kier molecular flexibility index (Phi) is 13.1. The second-order valence-corrected chi connectivity index (χ2v) is 20.9. The Morgan fingerprint density at radius 3 is 0.966 bits per heavy atom. The molecule has 0 aromatic heterocycles.